The Morgan fingerprint density at radius 3 is 2.47 bits per heavy atom. The largest absolute Gasteiger partial charge is 0.465 e. The van der Waals surface area contributed by atoms with Crippen LogP contribution in [0.1, 0.15) is 34.1 Å². The summed E-state index contributed by atoms with van der Waals surface area (Å²) in [5.41, 5.74) is -0.633. The van der Waals surface area contributed by atoms with Crippen LogP contribution in [0.15, 0.2) is 0 Å². The molecule has 0 aromatic rings. The predicted octanol–water partition coefficient (Wildman–Crippen LogP) is 1.27. The summed E-state index contributed by atoms with van der Waals surface area (Å²) >= 11 is 0. The van der Waals surface area contributed by atoms with Gasteiger partial charge in [-0.15, -0.1) is 0 Å². The summed E-state index contributed by atoms with van der Waals surface area (Å²) < 4.78 is 10.2. The molecule has 1 atom stereocenters. The average molecular weight is 274 g/mol. The highest BCUT2D eigenvalue weighted by Gasteiger charge is 2.34. The van der Waals surface area contributed by atoms with Crippen molar-refractivity contribution < 1.29 is 14.3 Å². The number of nitrogens with zero attached hydrogens (tertiary/aromatic N) is 1. The number of likely N-dealkylation sites (N-methyl/N-ethyl adjacent to an activating group) is 1. The highest BCUT2D eigenvalue weighted by molar-refractivity contribution is 5.80. The zero-order chi connectivity index (χ0) is 14.9. The smallest absolute Gasteiger partial charge is 0.326 e. The van der Waals surface area contributed by atoms with Crippen molar-refractivity contribution >= 4 is 5.97 Å². The molecule has 5 nitrogen and oxygen atoms in total. The third kappa shape index (κ3) is 7.50. The Hall–Kier alpha value is -0.650. The Bertz CT molecular complexity index is 259. The number of hydrogen-bond donors (Lipinski definition) is 1. The number of rotatable bonds is 10. The summed E-state index contributed by atoms with van der Waals surface area (Å²) in [6.07, 6.45) is 0.713. The second-order valence-corrected chi connectivity index (χ2v) is 5.40. The van der Waals surface area contributed by atoms with Crippen LogP contribution in [0.25, 0.3) is 0 Å². The Morgan fingerprint density at radius 2 is 2.00 bits per heavy atom. The van der Waals surface area contributed by atoms with Crippen molar-refractivity contribution in [2.24, 2.45) is 0 Å². The molecule has 0 aliphatic heterocycles. The molecule has 0 aromatic heterocycles. The quantitative estimate of drug-likeness (QED) is 0.608. The maximum absolute atomic E-state index is 12.1. The van der Waals surface area contributed by atoms with Crippen molar-refractivity contribution in [1.82, 2.24) is 10.2 Å². The summed E-state index contributed by atoms with van der Waals surface area (Å²) in [4.78, 5) is 14.3. The summed E-state index contributed by atoms with van der Waals surface area (Å²) in [6, 6.07) is 0.235. The third-order valence-corrected chi connectivity index (χ3v) is 3.00. The molecule has 114 valence electrons. The molecule has 0 radical (unpaired) electrons. The van der Waals surface area contributed by atoms with Gasteiger partial charge in [-0.25, -0.2) is 0 Å². The lowest BCUT2D eigenvalue weighted by Crippen LogP contribution is -2.54. The number of hydrogen-bond acceptors (Lipinski definition) is 5. The maximum atomic E-state index is 12.1. The predicted molar refractivity (Wildman–Crippen MR) is 77.3 cm³/mol. The van der Waals surface area contributed by atoms with E-state index in [-0.39, 0.29) is 12.0 Å². The minimum Gasteiger partial charge on any atom is -0.465 e. The van der Waals surface area contributed by atoms with Crippen molar-refractivity contribution in [1.29, 1.82) is 0 Å². The molecule has 0 bridgehead atoms. The number of carbonyl (C=O) groups is 1. The number of methoxy groups -OCH3 is 1. The van der Waals surface area contributed by atoms with Crippen molar-refractivity contribution in [3.63, 3.8) is 0 Å². The Labute approximate surface area is 117 Å². The van der Waals surface area contributed by atoms with Gasteiger partial charge in [-0.3, -0.25) is 10.1 Å². The van der Waals surface area contributed by atoms with Crippen LogP contribution in [0.4, 0.5) is 0 Å². The fourth-order valence-corrected chi connectivity index (χ4v) is 1.93. The first-order chi connectivity index (χ1) is 8.85. The SMILES string of the molecule is CCOC(=O)C(C)(CCN(C)CCOC)NC(C)C. The first-order valence-corrected chi connectivity index (χ1v) is 6.98. The van der Waals surface area contributed by atoms with Crippen LogP contribution < -0.4 is 5.32 Å². The molecule has 19 heavy (non-hydrogen) atoms. The van der Waals surface area contributed by atoms with Crippen molar-refractivity contribution in [2.75, 3.05) is 40.5 Å². The number of esters is 1. The molecule has 0 heterocycles. The molecule has 1 N–H and O–H groups in total. The lowest BCUT2D eigenvalue weighted by Gasteiger charge is -2.32. The summed E-state index contributed by atoms with van der Waals surface area (Å²) in [5.74, 6) is -0.177. The number of ether oxygens (including phenoxy) is 2. The molecule has 0 amide bonds. The van der Waals surface area contributed by atoms with Gasteiger partial charge in [-0.2, -0.15) is 0 Å². The van der Waals surface area contributed by atoms with E-state index in [0.717, 1.165) is 13.1 Å². The minimum absolute atomic E-state index is 0.177. The molecular weight excluding hydrogens is 244 g/mol. The van der Waals surface area contributed by atoms with Gasteiger partial charge in [0.15, 0.2) is 0 Å². The van der Waals surface area contributed by atoms with E-state index in [4.69, 9.17) is 9.47 Å². The molecule has 0 aromatic carbocycles. The normalized spacial score (nSPS) is 14.7. The average Bonchev–Trinajstić information content (AvgIpc) is 2.33. The van der Waals surface area contributed by atoms with Gasteiger partial charge < -0.3 is 14.4 Å². The Morgan fingerprint density at radius 1 is 1.37 bits per heavy atom. The van der Waals surface area contributed by atoms with Crippen molar-refractivity contribution in [2.45, 2.75) is 45.7 Å². The van der Waals surface area contributed by atoms with Gasteiger partial charge in [-0.05, 0) is 41.2 Å². The molecule has 0 spiro atoms. The van der Waals surface area contributed by atoms with Gasteiger partial charge >= 0.3 is 5.97 Å². The highest BCUT2D eigenvalue weighted by Crippen LogP contribution is 2.14. The van der Waals surface area contributed by atoms with Gasteiger partial charge in [0.25, 0.3) is 0 Å². The molecule has 0 fully saturated rings. The topological polar surface area (TPSA) is 50.8 Å². The molecular formula is C14H30N2O3. The lowest BCUT2D eigenvalue weighted by molar-refractivity contribution is -0.151. The van der Waals surface area contributed by atoms with E-state index in [0.29, 0.717) is 19.6 Å². The van der Waals surface area contributed by atoms with Gasteiger partial charge in [0.1, 0.15) is 5.54 Å². The second-order valence-electron chi connectivity index (χ2n) is 5.40. The van der Waals surface area contributed by atoms with Crippen LogP contribution in [-0.4, -0.2) is 62.9 Å². The van der Waals surface area contributed by atoms with Crippen LogP contribution in [0.3, 0.4) is 0 Å². The van der Waals surface area contributed by atoms with Gasteiger partial charge in [0.2, 0.25) is 0 Å². The molecule has 0 aliphatic rings. The Kier molecular flexibility index (Phi) is 8.97. The highest BCUT2D eigenvalue weighted by atomic mass is 16.5. The Balaban J connectivity index is 4.45. The summed E-state index contributed by atoms with van der Waals surface area (Å²) in [5, 5.41) is 3.32. The monoisotopic (exact) mass is 274 g/mol. The fraction of sp³-hybridized carbons (Fsp3) is 0.929. The minimum atomic E-state index is -0.633. The summed E-state index contributed by atoms with van der Waals surface area (Å²) in [7, 11) is 3.72. The van der Waals surface area contributed by atoms with E-state index in [1.165, 1.54) is 0 Å². The second kappa shape index (κ2) is 9.28. The van der Waals surface area contributed by atoms with Gasteiger partial charge in [-0.1, -0.05) is 0 Å². The zero-order valence-corrected chi connectivity index (χ0v) is 13.3. The van der Waals surface area contributed by atoms with E-state index in [9.17, 15) is 4.79 Å². The molecule has 5 heteroatoms. The van der Waals surface area contributed by atoms with E-state index in [1.54, 1.807) is 7.11 Å². The van der Waals surface area contributed by atoms with Gasteiger partial charge in [0.05, 0.1) is 13.2 Å². The van der Waals surface area contributed by atoms with Crippen LogP contribution in [-0.2, 0) is 14.3 Å². The van der Waals surface area contributed by atoms with E-state index in [1.807, 2.05) is 34.7 Å². The van der Waals surface area contributed by atoms with E-state index < -0.39 is 5.54 Å². The van der Waals surface area contributed by atoms with Crippen molar-refractivity contribution in [3.05, 3.63) is 0 Å². The fourth-order valence-electron chi connectivity index (χ4n) is 1.93. The van der Waals surface area contributed by atoms with Crippen LogP contribution in [0, 0.1) is 0 Å². The van der Waals surface area contributed by atoms with Crippen LogP contribution >= 0.6 is 0 Å². The maximum Gasteiger partial charge on any atom is 0.326 e. The first kappa shape index (κ1) is 18.4. The van der Waals surface area contributed by atoms with Crippen LogP contribution in [0.2, 0.25) is 0 Å². The van der Waals surface area contributed by atoms with Gasteiger partial charge in [0, 0.05) is 26.2 Å². The molecule has 0 saturated carbocycles. The molecule has 0 aliphatic carbocycles. The standard InChI is InChI=1S/C14H30N2O3/c1-7-19-13(17)14(4,15-12(2)3)8-9-16(5)10-11-18-6/h12,15H,7-11H2,1-6H3. The first-order valence-electron chi connectivity index (χ1n) is 6.98. The van der Waals surface area contributed by atoms with Crippen molar-refractivity contribution in [3.8, 4) is 0 Å². The number of nitrogens with one attached hydrogen (secondary N) is 1. The third-order valence-electron chi connectivity index (χ3n) is 3.00. The number of carbonyl (C=O) groups excluding carboxylic acids is 1. The van der Waals surface area contributed by atoms with E-state index in [2.05, 4.69) is 10.2 Å². The molecule has 0 rings (SSSR count). The lowest BCUT2D eigenvalue weighted by atomic mass is 9.96. The van der Waals surface area contributed by atoms with E-state index >= 15 is 0 Å². The molecule has 0 saturated heterocycles. The van der Waals surface area contributed by atoms with Crippen LogP contribution in [0.5, 0.6) is 0 Å². The zero-order valence-electron chi connectivity index (χ0n) is 13.3. The summed E-state index contributed by atoms with van der Waals surface area (Å²) in [6.45, 7) is 10.6. The molecule has 1 unspecified atom stereocenters.